The summed E-state index contributed by atoms with van der Waals surface area (Å²) in [6, 6.07) is 7.59. The lowest BCUT2D eigenvalue weighted by Gasteiger charge is -2.20. The van der Waals surface area contributed by atoms with Crippen molar-refractivity contribution in [2.45, 2.75) is 26.4 Å². The highest BCUT2D eigenvalue weighted by Gasteiger charge is 2.15. The van der Waals surface area contributed by atoms with Gasteiger partial charge in [0.1, 0.15) is 0 Å². The van der Waals surface area contributed by atoms with Crippen LogP contribution >= 0.6 is 0 Å². The number of likely N-dealkylation sites (N-methyl/N-ethyl adjacent to an activating group) is 1. The number of amides is 1. The van der Waals surface area contributed by atoms with Crippen molar-refractivity contribution in [3.8, 4) is 0 Å². The molecule has 0 aromatic heterocycles. The Labute approximate surface area is 96.7 Å². The molecular weight excluding hydrogens is 202 g/mol. The molecule has 1 aromatic rings. The van der Waals surface area contributed by atoms with Gasteiger partial charge in [0.2, 0.25) is 0 Å². The number of hydrogen-bond acceptors (Lipinski definition) is 2. The molecule has 0 aliphatic rings. The number of aliphatic hydroxyl groups excluding tert-OH is 1. The van der Waals surface area contributed by atoms with E-state index in [-0.39, 0.29) is 5.91 Å². The van der Waals surface area contributed by atoms with Gasteiger partial charge in [0, 0.05) is 19.2 Å². The molecule has 0 saturated heterocycles. The number of hydrogen-bond donors (Lipinski definition) is 1. The minimum Gasteiger partial charge on any atom is -0.392 e. The zero-order chi connectivity index (χ0) is 12.1. The lowest BCUT2D eigenvalue weighted by atomic mass is 10.0. The van der Waals surface area contributed by atoms with Crippen LogP contribution in [0.15, 0.2) is 24.3 Å². The van der Waals surface area contributed by atoms with Crippen LogP contribution in [0, 0.1) is 0 Å². The third-order valence-electron chi connectivity index (χ3n) is 2.51. The summed E-state index contributed by atoms with van der Waals surface area (Å²) in [4.78, 5) is 13.6. The number of carbonyl (C=O) groups is 1. The summed E-state index contributed by atoms with van der Waals surface area (Å²) in [7, 11) is 1.71. The highest BCUT2D eigenvalue weighted by Crippen LogP contribution is 2.11. The summed E-state index contributed by atoms with van der Waals surface area (Å²) in [5.74, 6) is -0.0293. The van der Waals surface area contributed by atoms with E-state index in [4.69, 9.17) is 0 Å². The fraction of sp³-hybridized carbons (Fsp3) is 0.462. The summed E-state index contributed by atoms with van der Waals surface area (Å²) in [5.41, 5.74) is 1.78. The summed E-state index contributed by atoms with van der Waals surface area (Å²) >= 11 is 0. The van der Waals surface area contributed by atoms with Crippen LogP contribution in [0.2, 0.25) is 0 Å². The summed E-state index contributed by atoms with van der Waals surface area (Å²) in [5, 5.41) is 9.25. The highest BCUT2D eigenvalue weighted by molar-refractivity contribution is 5.95. The van der Waals surface area contributed by atoms with Crippen LogP contribution in [0.5, 0.6) is 0 Å². The van der Waals surface area contributed by atoms with Crippen molar-refractivity contribution in [3.63, 3.8) is 0 Å². The molecular formula is C13H19NO2. The minimum atomic E-state index is -0.497. The molecule has 1 rings (SSSR count). The Morgan fingerprint density at radius 1 is 1.44 bits per heavy atom. The molecule has 0 spiro atoms. The fourth-order valence-electron chi connectivity index (χ4n) is 1.72. The Morgan fingerprint density at radius 3 is 2.62 bits per heavy atom. The van der Waals surface area contributed by atoms with Gasteiger partial charge >= 0.3 is 0 Å². The van der Waals surface area contributed by atoms with E-state index in [1.807, 2.05) is 31.2 Å². The van der Waals surface area contributed by atoms with Gasteiger partial charge in [-0.05, 0) is 25.0 Å². The van der Waals surface area contributed by atoms with Crippen molar-refractivity contribution >= 4 is 5.91 Å². The van der Waals surface area contributed by atoms with Gasteiger partial charge in [-0.3, -0.25) is 4.79 Å². The predicted octanol–water partition coefficient (Wildman–Crippen LogP) is 1.70. The van der Waals surface area contributed by atoms with Gasteiger partial charge in [-0.1, -0.05) is 25.1 Å². The van der Waals surface area contributed by atoms with Gasteiger partial charge in [0.05, 0.1) is 6.10 Å². The molecule has 1 aromatic carbocycles. The zero-order valence-corrected chi connectivity index (χ0v) is 10.1. The topological polar surface area (TPSA) is 40.5 Å². The second-order valence-corrected chi connectivity index (χ2v) is 4.05. The molecule has 88 valence electrons. The van der Waals surface area contributed by atoms with E-state index in [0.29, 0.717) is 6.54 Å². The van der Waals surface area contributed by atoms with E-state index >= 15 is 0 Å². The molecule has 0 aliphatic heterocycles. The van der Waals surface area contributed by atoms with E-state index < -0.39 is 6.10 Å². The average Bonchev–Trinajstić information content (AvgIpc) is 2.27. The van der Waals surface area contributed by atoms with E-state index in [9.17, 15) is 9.90 Å². The van der Waals surface area contributed by atoms with Gasteiger partial charge in [-0.2, -0.15) is 0 Å². The lowest BCUT2D eigenvalue weighted by molar-refractivity contribution is 0.0702. The fourth-order valence-corrected chi connectivity index (χ4v) is 1.72. The first kappa shape index (κ1) is 12.7. The number of rotatable bonds is 4. The molecule has 0 fully saturated rings. The van der Waals surface area contributed by atoms with Gasteiger partial charge in [-0.15, -0.1) is 0 Å². The maximum absolute atomic E-state index is 12.1. The SMILES string of the molecule is CCc1ccccc1C(=O)N(C)CC(C)O. The molecule has 1 amide bonds. The molecule has 0 heterocycles. The molecule has 1 atom stereocenters. The maximum Gasteiger partial charge on any atom is 0.253 e. The van der Waals surface area contributed by atoms with Crippen molar-refractivity contribution in [1.29, 1.82) is 0 Å². The number of benzene rings is 1. The van der Waals surface area contributed by atoms with Gasteiger partial charge in [-0.25, -0.2) is 0 Å². The molecule has 1 unspecified atom stereocenters. The number of nitrogens with zero attached hydrogens (tertiary/aromatic N) is 1. The van der Waals surface area contributed by atoms with Crippen molar-refractivity contribution in [2.24, 2.45) is 0 Å². The molecule has 16 heavy (non-hydrogen) atoms. The highest BCUT2D eigenvalue weighted by atomic mass is 16.3. The second kappa shape index (κ2) is 5.66. The Bertz CT molecular complexity index is 361. The molecule has 0 saturated carbocycles. The van der Waals surface area contributed by atoms with Crippen molar-refractivity contribution in [2.75, 3.05) is 13.6 Å². The van der Waals surface area contributed by atoms with E-state index in [2.05, 4.69) is 0 Å². The first-order valence-electron chi connectivity index (χ1n) is 5.57. The van der Waals surface area contributed by atoms with Crippen LogP contribution in [0.25, 0.3) is 0 Å². The Morgan fingerprint density at radius 2 is 2.06 bits per heavy atom. The minimum absolute atomic E-state index is 0.0293. The standard InChI is InChI=1S/C13H19NO2/c1-4-11-7-5-6-8-12(11)13(16)14(3)9-10(2)15/h5-8,10,15H,4,9H2,1-3H3. The summed E-state index contributed by atoms with van der Waals surface area (Å²) < 4.78 is 0. The molecule has 3 heteroatoms. The molecule has 0 radical (unpaired) electrons. The normalized spacial score (nSPS) is 12.2. The predicted molar refractivity (Wildman–Crippen MR) is 64.5 cm³/mol. The van der Waals surface area contributed by atoms with Crippen molar-refractivity contribution in [3.05, 3.63) is 35.4 Å². The largest absolute Gasteiger partial charge is 0.392 e. The number of carbonyl (C=O) groups excluding carboxylic acids is 1. The van der Waals surface area contributed by atoms with Crippen LogP contribution < -0.4 is 0 Å². The Kier molecular flexibility index (Phi) is 4.50. The number of aryl methyl sites for hydroxylation is 1. The van der Waals surface area contributed by atoms with Crippen LogP contribution in [-0.4, -0.2) is 35.6 Å². The van der Waals surface area contributed by atoms with Crippen LogP contribution in [-0.2, 0) is 6.42 Å². The van der Waals surface area contributed by atoms with E-state index in [1.54, 1.807) is 18.9 Å². The molecule has 3 nitrogen and oxygen atoms in total. The van der Waals surface area contributed by atoms with Crippen LogP contribution in [0.3, 0.4) is 0 Å². The third kappa shape index (κ3) is 3.07. The van der Waals surface area contributed by atoms with Crippen LogP contribution in [0.1, 0.15) is 29.8 Å². The smallest absolute Gasteiger partial charge is 0.253 e. The first-order chi connectivity index (χ1) is 7.56. The monoisotopic (exact) mass is 221 g/mol. The maximum atomic E-state index is 12.1. The average molecular weight is 221 g/mol. The van der Waals surface area contributed by atoms with E-state index in [1.165, 1.54) is 0 Å². The lowest BCUT2D eigenvalue weighted by Crippen LogP contribution is -2.33. The Hall–Kier alpha value is -1.35. The van der Waals surface area contributed by atoms with Crippen molar-refractivity contribution in [1.82, 2.24) is 4.90 Å². The number of aliphatic hydroxyl groups is 1. The van der Waals surface area contributed by atoms with E-state index in [0.717, 1.165) is 17.5 Å². The Balaban J connectivity index is 2.87. The molecule has 0 aliphatic carbocycles. The quantitative estimate of drug-likeness (QED) is 0.840. The third-order valence-corrected chi connectivity index (χ3v) is 2.51. The summed E-state index contributed by atoms with van der Waals surface area (Å²) in [6.07, 6.45) is 0.340. The first-order valence-corrected chi connectivity index (χ1v) is 5.57. The van der Waals surface area contributed by atoms with Gasteiger partial charge in [0.25, 0.3) is 5.91 Å². The van der Waals surface area contributed by atoms with Crippen LogP contribution in [0.4, 0.5) is 0 Å². The van der Waals surface area contributed by atoms with Crippen molar-refractivity contribution < 1.29 is 9.90 Å². The summed E-state index contributed by atoms with van der Waals surface area (Å²) in [6.45, 7) is 4.06. The molecule has 1 N–H and O–H groups in total. The second-order valence-electron chi connectivity index (χ2n) is 4.05. The van der Waals surface area contributed by atoms with Gasteiger partial charge in [0.15, 0.2) is 0 Å². The van der Waals surface area contributed by atoms with Gasteiger partial charge < -0.3 is 10.0 Å². The molecule has 0 bridgehead atoms. The zero-order valence-electron chi connectivity index (χ0n) is 10.1.